The van der Waals surface area contributed by atoms with Gasteiger partial charge in [0.15, 0.2) is 4.34 Å². The molecule has 0 saturated heterocycles. The van der Waals surface area contributed by atoms with Crippen LogP contribution < -0.4 is 5.32 Å². The zero-order chi connectivity index (χ0) is 13.0. The molecule has 0 spiro atoms. The van der Waals surface area contributed by atoms with Crippen LogP contribution in [0.4, 0.5) is 13.2 Å². The molecule has 18 heavy (non-hydrogen) atoms. The number of nitrogens with zero attached hydrogens (tertiary/aromatic N) is 1. The van der Waals surface area contributed by atoms with Crippen molar-refractivity contribution in [1.82, 2.24) is 10.3 Å². The first-order chi connectivity index (χ1) is 8.54. The zero-order valence-corrected chi connectivity index (χ0v) is 11.0. The maximum Gasteiger partial charge on any atom is 0.401 e. The second-order valence-electron chi connectivity index (χ2n) is 3.59. The summed E-state index contributed by atoms with van der Waals surface area (Å²) in [5.74, 6) is 0.579. The highest BCUT2D eigenvalue weighted by Gasteiger charge is 2.25. The fourth-order valence-corrected chi connectivity index (χ4v) is 3.39. The largest absolute Gasteiger partial charge is 0.401 e. The molecule has 98 valence electrons. The Balaban J connectivity index is 1.77. The molecule has 0 amide bonds. The average Bonchev–Trinajstić information content (AvgIpc) is 2.69. The average molecular weight is 292 g/mol. The van der Waals surface area contributed by atoms with Gasteiger partial charge in [0, 0.05) is 12.3 Å². The van der Waals surface area contributed by atoms with Crippen molar-refractivity contribution in [2.75, 3.05) is 18.8 Å². The lowest BCUT2D eigenvalue weighted by molar-refractivity contribution is -0.124. The van der Waals surface area contributed by atoms with Crippen molar-refractivity contribution < 1.29 is 13.2 Å². The highest BCUT2D eigenvalue weighted by Crippen LogP contribution is 2.28. The molecule has 0 atom stereocenters. The molecule has 0 aliphatic carbocycles. The van der Waals surface area contributed by atoms with Gasteiger partial charge in [-0.25, -0.2) is 4.98 Å². The van der Waals surface area contributed by atoms with Crippen LogP contribution in [0.3, 0.4) is 0 Å². The van der Waals surface area contributed by atoms with Gasteiger partial charge in [0.25, 0.3) is 0 Å². The molecule has 0 aliphatic rings. The Labute approximate surface area is 111 Å². The Kier molecular flexibility index (Phi) is 4.47. The van der Waals surface area contributed by atoms with E-state index in [-0.39, 0.29) is 0 Å². The number of alkyl halides is 3. The van der Waals surface area contributed by atoms with E-state index >= 15 is 0 Å². The lowest BCUT2D eigenvalue weighted by atomic mass is 10.3. The Morgan fingerprint density at radius 1 is 1.28 bits per heavy atom. The first-order valence-corrected chi connectivity index (χ1v) is 7.11. The van der Waals surface area contributed by atoms with Crippen LogP contribution in [0.15, 0.2) is 28.6 Å². The molecule has 0 fully saturated rings. The summed E-state index contributed by atoms with van der Waals surface area (Å²) in [5.41, 5.74) is 0.938. The SMILES string of the molecule is FC(F)(F)CNCCSc1nc2ccccc2s1. The summed E-state index contributed by atoms with van der Waals surface area (Å²) in [5, 5.41) is 2.36. The standard InChI is InChI=1S/C11H11F3N2S2/c12-11(13,14)7-15-5-6-17-10-16-8-3-1-2-4-9(8)18-10/h1-4,15H,5-7H2. The van der Waals surface area contributed by atoms with E-state index in [1.807, 2.05) is 24.3 Å². The molecular formula is C11H11F3N2S2. The number of aromatic nitrogens is 1. The molecule has 0 unspecified atom stereocenters. The van der Waals surface area contributed by atoms with Crippen molar-refractivity contribution in [2.45, 2.75) is 10.5 Å². The highest BCUT2D eigenvalue weighted by molar-refractivity contribution is 8.01. The van der Waals surface area contributed by atoms with E-state index in [0.717, 1.165) is 14.6 Å². The minimum Gasteiger partial charge on any atom is -0.308 e. The Bertz CT molecular complexity index is 477. The van der Waals surface area contributed by atoms with E-state index in [2.05, 4.69) is 10.3 Å². The van der Waals surface area contributed by atoms with Crippen LogP contribution in [0.5, 0.6) is 0 Å². The van der Waals surface area contributed by atoms with Crippen LogP contribution in [0.1, 0.15) is 0 Å². The van der Waals surface area contributed by atoms with E-state index < -0.39 is 12.7 Å². The van der Waals surface area contributed by atoms with Crippen molar-refractivity contribution >= 4 is 33.3 Å². The van der Waals surface area contributed by atoms with E-state index in [9.17, 15) is 13.2 Å². The number of fused-ring (bicyclic) bond motifs is 1. The predicted molar refractivity (Wildman–Crippen MR) is 69.3 cm³/mol. The number of thiazole rings is 1. The number of halogens is 3. The molecular weight excluding hydrogens is 281 g/mol. The van der Waals surface area contributed by atoms with Gasteiger partial charge < -0.3 is 5.32 Å². The molecule has 0 aliphatic heterocycles. The second kappa shape index (κ2) is 5.90. The summed E-state index contributed by atoms with van der Waals surface area (Å²) in [6, 6.07) is 7.78. The minimum absolute atomic E-state index is 0.320. The van der Waals surface area contributed by atoms with E-state index in [4.69, 9.17) is 0 Å². The molecule has 1 aromatic carbocycles. The molecule has 1 heterocycles. The van der Waals surface area contributed by atoms with E-state index in [1.165, 1.54) is 11.8 Å². The van der Waals surface area contributed by atoms with Gasteiger partial charge in [0.2, 0.25) is 0 Å². The van der Waals surface area contributed by atoms with Crippen LogP contribution in [-0.2, 0) is 0 Å². The normalized spacial score (nSPS) is 12.2. The van der Waals surface area contributed by atoms with Crippen molar-refractivity contribution in [2.24, 2.45) is 0 Å². The summed E-state index contributed by atoms with van der Waals surface area (Å²) >= 11 is 3.04. The van der Waals surface area contributed by atoms with Crippen LogP contribution in [-0.4, -0.2) is 30.0 Å². The van der Waals surface area contributed by atoms with Crippen molar-refractivity contribution in [3.63, 3.8) is 0 Å². The zero-order valence-electron chi connectivity index (χ0n) is 9.33. The van der Waals surface area contributed by atoms with Crippen molar-refractivity contribution in [3.8, 4) is 0 Å². The van der Waals surface area contributed by atoms with Crippen LogP contribution >= 0.6 is 23.1 Å². The molecule has 1 aromatic heterocycles. The Morgan fingerprint density at radius 3 is 2.78 bits per heavy atom. The van der Waals surface area contributed by atoms with Crippen LogP contribution in [0.25, 0.3) is 10.2 Å². The van der Waals surface area contributed by atoms with Gasteiger partial charge >= 0.3 is 6.18 Å². The quantitative estimate of drug-likeness (QED) is 0.674. The second-order valence-corrected chi connectivity index (χ2v) is 5.96. The molecule has 0 saturated carbocycles. The Morgan fingerprint density at radius 2 is 2.06 bits per heavy atom. The summed E-state index contributed by atoms with van der Waals surface area (Å²) < 4.78 is 37.6. The maximum absolute atomic E-state index is 11.9. The maximum atomic E-state index is 11.9. The number of benzene rings is 1. The lowest BCUT2D eigenvalue weighted by Gasteiger charge is -2.06. The molecule has 2 rings (SSSR count). The van der Waals surface area contributed by atoms with Gasteiger partial charge in [-0.3, -0.25) is 0 Å². The lowest BCUT2D eigenvalue weighted by Crippen LogP contribution is -2.30. The smallest absolute Gasteiger partial charge is 0.308 e. The minimum atomic E-state index is -4.14. The third kappa shape index (κ3) is 4.15. The summed E-state index contributed by atoms with van der Waals surface area (Å²) in [6.07, 6.45) is -4.14. The van der Waals surface area contributed by atoms with Crippen LogP contribution in [0, 0.1) is 0 Å². The molecule has 2 aromatic rings. The van der Waals surface area contributed by atoms with Gasteiger partial charge in [0.1, 0.15) is 0 Å². The molecule has 0 radical (unpaired) electrons. The molecule has 1 N–H and O–H groups in total. The number of hydrogen-bond donors (Lipinski definition) is 1. The third-order valence-electron chi connectivity index (χ3n) is 2.10. The predicted octanol–water partition coefficient (Wildman–Crippen LogP) is 3.54. The number of para-hydroxylation sites is 1. The van der Waals surface area contributed by atoms with Crippen LogP contribution in [0.2, 0.25) is 0 Å². The topological polar surface area (TPSA) is 24.9 Å². The first-order valence-electron chi connectivity index (χ1n) is 5.30. The summed E-state index contributed by atoms with van der Waals surface area (Å²) in [7, 11) is 0. The Hall–Kier alpha value is -0.790. The van der Waals surface area contributed by atoms with E-state index in [0.29, 0.717) is 12.3 Å². The van der Waals surface area contributed by atoms with Gasteiger partial charge in [-0.05, 0) is 12.1 Å². The van der Waals surface area contributed by atoms with Gasteiger partial charge in [-0.1, -0.05) is 23.9 Å². The fraction of sp³-hybridized carbons (Fsp3) is 0.364. The summed E-state index contributed by atoms with van der Waals surface area (Å²) in [6.45, 7) is -0.618. The highest BCUT2D eigenvalue weighted by atomic mass is 32.2. The van der Waals surface area contributed by atoms with Crippen molar-refractivity contribution in [1.29, 1.82) is 0 Å². The monoisotopic (exact) mass is 292 g/mol. The fourth-order valence-electron chi connectivity index (χ4n) is 1.35. The van der Waals surface area contributed by atoms with Gasteiger partial charge in [-0.2, -0.15) is 13.2 Å². The third-order valence-corrected chi connectivity index (χ3v) is 4.29. The molecule has 0 bridgehead atoms. The molecule has 2 nitrogen and oxygen atoms in total. The van der Waals surface area contributed by atoms with Gasteiger partial charge in [0.05, 0.1) is 16.8 Å². The van der Waals surface area contributed by atoms with Crippen molar-refractivity contribution in [3.05, 3.63) is 24.3 Å². The first kappa shape index (κ1) is 13.6. The number of nitrogens with one attached hydrogen (secondary N) is 1. The number of hydrogen-bond acceptors (Lipinski definition) is 4. The van der Waals surface area contributed by atoms with Gasteiger partial charge in [-0.15, -0.1) is 11.3 Å². The number of thioether (sulfide) groups is 1. The number of rotatable bonds is 5. The molecule has 7 heteroatoms. The van der Waals surface area contributed by atoms with E-state index in [1.54, 1.807) is 11.3 Å². The summed E-state index contributed by atoms with van der Waals surface area (Å²) in [4.78, 5) is 4.39.